The van der Waals surface area contributed by atoms with E-state index in [-0.39, 0.29) is 17.9 Å². The van der Waals surface area contributed by atoms with E-state index in [2.05, 4.69) is 51.0 Å². The van der Waals surface area contributed by atoms with Gasteiger partial charge in [0.05, 0.1) is 17.9 Å². The van der Waals surface area contributed by atoms with Gasteiger partial charge in [0.15, 0.2) is 0 Å². The first kappa shape index (κ1) is 20.6. The second-order valence-electron chi connectivity index (χ2n) is 7.86. The van der Waals surface area contributed by atoms with Crippen molar-refractivity contribution in [3.8, 4) is 5.69 Å². The maximum atomic E-state index is 12.7. The minimum absolute atomic E-state index is 0.0989. The van der Waals surface area contributed by atoms with Crippen molar-refractivity contribution < 1.29 is 4.79 Å². The SMILES string of the molecule is O=C(CNCC1(c2ccccc2)CCCCC1)Nc1cc(Cl)ccc1-n1cncn1. The van der Waals surface area contributed by atoms with Crippen LogP contribution in [-0.2, 0) is 10.2 Å². The Balaban J connectivity index is 1.41. The standard InChI is InChI=1S/C23H26ClN5O/c24-19-9-10-21(29-17-26-16-27-29)20(13-19)28-22(30)14-25-15-23(11-5-2-6-12-23)18-7-3-1-4-8-18/h1,3-4,7-10,13,16-17,25H,2,5-6,11-12,14-15H2,(H,28,30). The summed E-state index contributed by atoms with van der Waals surface area (Å²) in [6, 6.07) is 16.0. The minimum atomic E-state index is -0.113. The van der Waals surface area contributed by atoms with Gasteiger partial charge in [-0.3, -0.25) is 4.79 Å². The lowest BCUT2D eigenvalue weighted by molar-refractivity contribution is -0.115. The van der Waals surface area contributed by atoms with Gasteiger partial charge in [0.1, 0.15) is 12.7 Å². The zero-order chi connectivity index (χ0) is 20.8. The quantitative estimate of drug-likeness (QED) is 0.592. The molecule has 1 aromatic heterocycles. The smallest absolute Gasteiger partial charge is 0.238 e. The summed E-state index contributed by atoms with van der Waals surface area (Å²) in [5.74, 6) is -0.113. The van der Waals surface area contributed by atoms with Gasteiger partial charge in [0, 0.05) is 17.0 Å². The summed E-state index contributed by atoms with van der Waals surface area (Å²) in [5.41, 5.74) is 2.79. The van der Waals surface area contributed by atoms with Crippen molar-refractivity contribution >= 4 is 23.2 Å². The number of carbonyl (C=O) groups is 1. The van der Waals surface area contributed by atoms with E-state index in [1.165, 1.54) is 31.2 Å². The molecule has 0 bridgehead atoms. The van der Waals surface area contributed by atoms with Crippen LogP contribution in [-0.4, -0.2) is 33.8 Å². The van der Waals surface area contributed by atoms with Crippen molar-refractivity contribution in [3.63, 3.8) is 0 Å². The molecule has 0 spiro atoms. The summed E-state index contributed by atoms with van der Waals surface area (Å²) in [7, 11) is 0. The van der Waals surface area contributed by atoms with Crippen molar-refractivity contribution in [2.45, 2.75) is 37.5 Å². The molecule has 3 aromatic rings. The first-order valence-corrected chi connectivity index (χ1v) is 10.7. The summed E-state index contributed by atoms with van der Waals surface area (Å²) in [6.07, 6.45) is 9.08. The molecule has 1 heterocycles. The highest BCUT2D eigenvalue weighted by atomic mass is 35.5. The van der Waals surface area contributed by atoms with Crippen LogP contribution < -0.4 is 10.6 Å². The topological polar surface area (TPSA) is 71.8 Å². The lowest BCUT2D eigenvalue weighted by Gasteiger charge is -2.38. The van der Waals surface area contributed by atoms with Crippen molar-refractivity contribution in [1.82, 2.24) is 20.1 Å². The largest absolute Gasteiger partial charge is 0.323 e. The molecular weight excluding hydrogens is 398 g/mol. The lowest BCUT2D eigenvalue weighted by atomic mass is 9.69. The Hall–Kier alpha value is -2.70. The van der Waals surface area contributed by atoms with E-state index in [1.54, 1.807) is 23.1 Å². The molecule has 4 rings (SSSR count). The van der Waals surface area contributed by atoms with Crippen molar-refractivity contribution in [1.29, 1.82) is 0 Å². The number of anilines is 1. The summed E-state index contributed by atoms with van der Waals surface area (Å²) in [6.45, 7) is 1.02. The van der Waals surface area contributed by atoms with E-state index in [4.69, 9.17) is 11.6 Å². The van der Waals surface area contributed by atoms with Gasteiger partial charge in [-0.1, -0.05) is 61.2 Å². The van der Waals surface area contributed by atoms with Crippen LogP contribution in [0.5, 0.6) is 0 Å². The number of benzene rings is 2. The van der Waals surface area contributed by atoms with Gasteiger partial charge in [0.25, 0.3) is 0 Å². The van der Waals surface area contributed by atoms with Gasteiger partial charge in [0.2, 0.25) is 5.91 Å². The number of aromatic nitrogens is 3. The summed E-state index contributed by atoms with van der Waals surface area (Å²) < 4.78 is 1.60. The zero-order valence-electron chi connectivity index (χ0n) is 16.9. The van der Waals surface area contributed by atoms with Crippen LogP contribution >= 0.6 is 11.6 Å². The molecule has 6 nitrogen and oxygen atoms in total. The first-order chi connectivity index (χ1) is 14.7. The summed E-state index contributed by atoms with van der Waals surface area (Å²) in [5, 5.41) is 11.1. The molecule has 1 amide bonds. The molecule has 30 heavy (non-hydrogen) atoms. The third-order valence-corrected chi connectivity index (χ3v) is 6.08. The van der Waals surface area contributed by atoms with Crippen molar-refractivity contribution in [3.05, 3.63) is 71.8 Å². The number of hydrogen-bond acceptors (Lipinski definition) is 4. The maximum absolute atomic E-state index is 12.7. The molecule has 0 unspecified atom stereocenters. The van der Waals surface area contributed by atoms with E-state index in [0.717, 1.165) is 25.1 Å². The summed E-state index contributed by atoms with van der Waals surface area (Å²) in [4.78, 5) is 16.6. The van der Waals surface area contributed by atoms with Crippen LogP contribution in [0, 0.1) is 0 Å². The second kappa shape index (κ2) is 9.41. The summed E-state index contributed by atoms with van der Waals surface area (Å²) >= 11 is 6.14. The van der Waals surface area contributed by atoms with E-state index in [9.17, 15) is 4.79 Å². The number of carbonyl (C=O) groups excluding carboxylic acids is 1. The highest BCUT2D eigenvalue weighted by molar-refractivity contribution is 6.31. The van der Waals surface area contributed by atoms with Crippen LogP contribution in [0.3, 0.4) is 0 Å². The fourth-order valence-electron chi connectivity index (χ4n) is 4.34. The third kappa shape index (κ3) is 4.71. The number of amides is 1. The lowest BCUT2D eigenvalue weighted by Crippen LogP contribution is -2.42. The van der Waals surface area contributed by atoms with Crippen LogP contribution in [0.1, 0.15) is 37.7 Å². The van der Waals surface area contributed by atoms with Gasteiger partial charge in [-0.15, -0.1) is 0 Å². The molecule has 0 atom stereocenters. The highest BCUT2D eigenvalue weighted by Crippen LogP contribution is 2.38. The Bertz CT molecular complexity index is 969. The number of halogens is 1. The Labute approximate surface area is 181 Å². The monoisotopic (exact) mass is 423 g/mol. The van der Waals surface area contributed by atoms with Gasteiger partial charge >= 0.3 is 0 Å². The number of hydrogen-bond donors (Lipinski definition) is 2. The number of nitrogens with zero attached hydrogens (tertiary/aromatic N) is 3. The molecule has 0 saturated heterocycles. The normalized spacial score (nSPS) is 15.6. The van der Waals surface area contributed by atoms with Crippen LogP contribution in [0.25, 0.3) is 5.69 Å². The number of nitrogens with one attached hydrogen (secondary N) is 2. The third-order valence-electron chi connectivity index (χ3n) is 5.84. The molecular formula is C23H26ClN5O. The van der Waals surface area contributed by atoms with E-state index in [1.807, 2.05) is 6.07 Å². The first-order valence-electron chi connectivity index (χ1n) is 10.4. The highest BCUT2D eigenvalue weighted by Gasteiger charge is 2.33. The Morgan fingerprint density at radius 2 is 1.90 bits per heavy atom. The Morgan fingerprint density at radius 3 is 2.63 bits per heavy atom. The fraction of sp³-hybridized carbons (Fsp3) is 0.348. The van der Waals surface area contributed by atoms with Gasteiger partial charge in [-0.05, 0) is 36.6 Å². The van der Waals surface area contributed by atoms with Gasteiger partial charge in [-0.25, -0.2) is 9.67 Å². The van der Waals surface area contributed by atoms with Gasteiger partial charge in [-0.2, -0.15) is 5.10 Å². The second-order valence-corrected chi connectivity index (χ2v) is 8.30. The molecule has 1 aliphatic carbocycles. The molecule has 156 valence electrons. The molecule has 1 fully saturated rings. The van der Waals surface area contributed by atoms with Crippen molar-refractivity contribution in [2.24, 2.45) is 0 Å². The molecule has 0 radical (unpaired) electrons. The minimum Gasteiger partial charge on any atom is -0.323 e. The molecule has 1 aliphatic rings. The van der Waals surface area contributed by atoms with E-state index >= 15 is 0 Å². The maximum Gasteiger partial charge on any atom is 0.238 e. The molecule has 7 heteroatoms. The predicted molar refractivity (Wildman–Crippen MR) is 119 cm³/mol. The van der Waals surface area contributed by atoms with Gasteiger partial charge < -0.3 is 10.6 Å². The van der Waals surface area contributed by atoms with E-state index in [0.29, 0.717) is 10.7 Å². The Morgan fingerprint density at radius 1 is 1.10 bits per heavy atom. The average Bonchev–Trinajstić information content (AvgIpc) is 3.30. The Kier molecular flexibility index (Phi) is 6.45. The predicted octanol–water partition coefficient (Wildman–Crippen LogP) is 4.35. The van der Waals surface area contributed by atoms with Crippen molar-refractivity contribution in [2.75, 3.05) is 18.4 Å². The molecule has 0 aliphatic heterocycles. The average molecular weight is 424 g/mol. The van der Waals surface area contributed by atoms with Crippen LogP contribution in [0.2, 0.25) is 5.02 Å². The number of rotatable bonds is 7. The van der Waals surface area contributed by atoms with E-state index < -0.39 is 0 Å². The van der Waals surface area contributed by atoms with Crippen LogP contribution in [0.15, 0.2) is 61.2 Å². The molecule has 2 N–H and O–H groups in total. The molecule has 1 saturated carbocycles. The molecule has 2 aromatic carbocycles. The van der Waals surface area contributed by atoms with Crippen LogP contribution in [0.4, 0.5) is 5.69 Å². The zero-order valence-corrected chi connectivity index (χ0v) is 17.6. The fourth-order valence-corrected chi connectivity index (χ4v) is 4.51.